The Labute approximate surface area is 148 Å². The Morgan fingerprint density at radius 1 is 1.20 bits per heavy atom. The Bertz CT molecular complexity index is 789. The lowest BCUT2D eigenvalue weighted by Gasteiger charge is -2.11. The number of benzene rings is 2. The molecule has 0 atom stereocenters. The van der Waals surface area contributed by atoms with Crippen LogP contribution in [0.4, 0.5) is 5.69 Å². The highest BCUT2D eigenvalue weighted by Crippen LogP contribution is 2.31. The number of carbonyl (C=O) groups is 1. The Morgan fingerprint density at radius 2 is 1.96 bits per heavy atom. The Kier molecular flexibility index (Phi) is 6.72. The number of rotatable bonds is 7. The van der Waals surface area contributed by atoms with Crippen LogP contribution in [0.2, 0.25) is 0 Å². The molecule has 4 nitrogen and oxygen atoms in total. The van der Waals surface area contributed by atoms with Crippen molar-refractivity contribution < 1.29 is 14.3 Å². The van der Waals surface area contributed by atoms with E-state index in [0.717, 1.165) is 28.1 Å². The molecule has 0 spiro atoms. The first-order valence-electron chi connectivity index (χ1n) is 7.86. The normalized spacial score (nSPS) is 11.0. The molecule has 2 rings (SSSR count). The van der Waals surface area contributed by atoms with Gasteiger partial charge >= 0.3 is 5.97 Å². The third-order valence-corrected chi connectivity index (χ3v) is 3.50. The molecular weight excluding hydrogens is 314 g/mol. The maximum atomic E-state index is 11.1. The molecule has 0 radical (unpaired) electrons. The van der Waals surface area contributed by atoms with E-state index >= 15 is 0 Å². The molecule has 0 aliphatic carbocycles. The van der Waals surface area contributed by atoms with Crippen LogP contribution in [-0.2, 0) is 16.1 Å². The zero-order valence-electron chi connectivity index (χ0n) is 14.4. The van der Waals surface area contributed by atoms with E-state index in [1.165, 1.54) is 13.2 Å². The number of nitrogens with zero attached hydrogens (tertiary/aromatic N) is 1. The largest absolute Gasteiger partial charge is 0.487 e. The number of ether oxygens (including phenoxy) is 2. The van der Waals surface area contributed by atoms with E-state index in [2.05, 4.69) is 16.3 Å². The molecule has 4 heteroatoms. The third kappa shape index (κ3) is 5.46. The van der Waals surface area contributed by atoms with Crippen LogP contribution >= 0.6 is 0 Å². The van der Waals surface area contributed by atoms with Crippen molar-refractivity contribution in [2.75, 3.05) is 7.11 Å². The van der Waals surface area contributed by atoms with Gasteiger partial charge < -0.3 is 9.47 Å². The highest BCUT2D eigenvalue weighted by Gasteiger charge is 2.05. The average Bonchev–Trinajstić information content (AvgIpc) is 2.64. The SMILES string of the molecule is C=CC=Nc1c(C)cccc1OCc1ccc(/C=C/C(=O)OC)cc1. The van der Waals surface area contributed by atoms with E-state index in [-0.39, 0.29) is 5.97 Å². The van der Waals surface area contributed by atoms with Crippen molar-refractivity contribution in [3.8, 4) is 5.75 Å². The fourth-order valence-corrected chi connectivity index (χ4v) is 2.16. The second kappa shape index (κ2) is 9.23. The third-order valence-electron chi connectivity index (χ3n) is 3.50. The first kappa shape index (κ1) is 18.2. The van der Waals surface area contributed by atoms with Crippen molar-refractivity contribution in [3.05, 3.63) is 77.9 Å². The van der Waals surface area contributed by atoms with Crippen molar-refractivity contribution in [2.24, 2.45) is 4.99 Å². The monoisotopic (exact) mass is 335 g/mol. The fraction of sp³-hybridized carbons (Fsp3) is 0.143. The Morgan fingerprint density at radius 3 is 2.64 bits per heavy atom. The Balaban J connectivity index is 2.06. The molecule has 0 saturated heterocycles. The number of esters is 1. The molecule has 0 bridgehead atoms. The van der Waals surface area contributed by atoms with Crippen molar-refractivity contribution in [1.82, 2.24) is 0 Å². The van der Waals surface area contributed by atoms with Crippen molar-refractivity contribution in [1.29, 1.82) is 0 Å². The van der Waals surface area contributed by atoms with Crippen molar-refractivity contribution in [2.45, 2.75) is 13.5 Å². The summed E-state index contributed by atoms with van der Waals surface area (Å²) in [4.78, 5) is 15.5. The first-order chi connectivity index (χ1) is 12.1. The molecule has 2 aromatic rings. The molecule has 2 aromatic carbocycles. The maximum absolute atomic E-state index is 11.1. The van der Waals surface area contributed by atoms with Gasteiger partial charge in [0.1, 0.15) is 18.0 Å². The summed E-state index contributed by atoms with van der Waals surface area (Å²) in [5, 5.41) is 0. The van der Waals surface area contributed by atoms with Gasteiger partial charge in [-0.25, -0.2) is 4.79 Å². The van der Waals surface area contributed by atoms with Crippen LogP contribution in [0, 0.1) is 6.92 Å². The highest BCUT2D eigenvalue weighted by molar-refractivity contribution is 5.86. The van der Waals surface area contributed by atoms with E-state index in [4.69, 9.17) is 4.74 Å². The second-order valence-electron chi connectivity index (χ2n) is 5.32. The lowest BCUT2D eigenvalue weighted by molar-refractivity contribution is -0.134. The van der Waals surface area contributed by atoms with E-state index in [0.29, 0.717) is 6.61 Å². The van der Waals surface area contributed by atoms with Gasteiger partial charge in [-0.3, -0.25) is 4.99 Å². The molecule has 25 heavy (non-hydrogen) atoms. The van der Waals surface area contributed by atoms with Gasteiger partial charge in [0.15, 0.2) is 0 Å². The van der Waals surface area contributed by atoms with Crippen LogP contribution in [0.1, 0.15) is 16.7 Å². The summed E-state index contributed by atoms with van der Waals surface area (Å²) in [6.07, 6.45) is 6.38. The zero-order valence-corrected chi connectivity index (χ0v) is 14.4. The van der Waals surface area contributed by atoms with E-state index in [1.54, 1.807) is 18.4 Å². The molecule has 0 fully saturated rings. The van der Waals surface area contributed by atoms with Gasteiger partial charge in [0.05, 0.1) is 7.11 Å². The van der Waals surface area contributed by atoms with Crippen LogP contribution < -0.4 is 4.74 Å². The summed E-state index contributed by atoms with van der Waals surface area (Å²) >= 11 is 0. The van der Waals surface area contributed by atoms with E-state index in [9.17, 15) is 4.79 Å². The average molecular weight is 335 g/mol. The van der Waals surface area contributed by atoms with Crippen LogP contribution in [0.25, 0.3) is 6.08 Å². The number of aliphatic imine (C=N–C) groups is 1. The van der Waals surface area contributed by atoms with Gasteiger partial charge in [-0.05, 0) is 35.8 Å². The fourth-order valence-electron chi connectivity index (χ4n) is 2.16. The second-order valence-corrected chi connectivity index (χ2v) is 5.32. The van der Waals surface area contributed by atoms with E-state index in [1.807, 2.05) is 49.4 Å². The van der Waals surface area contributed by atoms with Crippen molar-refractivity contribution in [3.63, 3.8) is 0 Å². The summed E-state index contributed by atoms with van der Waals surface area (Å²) in [7, 11) is 1.35. The van der Waals surface area contributed by atoms with Crippen LogP contribution in [0.3, 0.4) is 0 Å². The minimum Gasteiger partial charge on any atom is -0.487 e. The zero-order chi connectivity index (χ0) is 18.1. The molecule has 0 amide bonds. The molecule has 0 unspecified atom stereocenters. The molecule has 0 heterocycles. The Hall–Kier alpha value is -3.14. The van der Waals surface area contributed by atoms with Crippen LogP contribution in [0.5, 0.6) is 5.75 Å². The summed E-state index contributed by atoms with van der Waals surface area (Å²) in [5.41, 5.74) is 3.79. The lowest BCUT2D eigenvalue weighted by Crippen LogP contribution is -1.96. The standard InChI is InChI=1S/C21H21NO3/c1-4-14-22-21-16(2)6-5-7-19(21)25-15-18-10-8-17(9-11-18)12-13-20(23)24-3/h4-14H,1,15H2,2-3H3/b13-12+,22-14?. The minimum atomic E-state index is -0.375. The lowest BCUT2D eigenvalue weighted by atomic mass is 10.1. The van der Waals surface area contributed by atoms with Crippen molar-refractivity contribution >= 4 is 23.9 Å². The molecule has 0 saturated carbocycles. The number of methoxy groups -OCH3 is 1. The predicted molar refractivity (Wildman–Crippen MR) is 101 cm³/mol. The van der Waals surface area contributed by atoms with Gasteiger partial charge in [0, 0.05) is 12.3 Å². The summed E-state index contributed by atoms with van der Waals surface area (Å²) in [6.45, 7) is 6.07. The van der Waals surface area contributed by atoms with E-state index < -0.39 is 0 Å². The number of carbonyl (C=O) groups excluding carboxylic acids is 1. The number of allylic oxidation sites excluding steroid dienone is 1. The number of para-hydroxylation sites is 1. The summed E-state index contributed by atoms with van der Waals surface area (Å²) in [5.74, 6) is 0.354. The van der Waals surface area contributed by atoms with Gasteiger partial charge in [-0.1, -0.05) is 49.1 Å². The number of aryl methyl sites for hydroxylation is 1. The summed E-state index contributed by atoms with van der Waals surface area (Å²) < 4.78 is 10.5. The van der Waals surface area contributed by atoms with Gasteiger partial charge in [0.2, 0.25) is 0 Å². The van der Waals surface area contributed by atoms with Crippen LogP contribution in [0.15, 0.2) is 66.2 Å². The predicted octanol–water partition coefficient (Wildman–Crippen LogP) is 4.65. The van der Waals surface area contributed by atoms with Gasteiger partial charge in [0.25, 0.3) is 0 Å². The topological polar surface area (TPSA) is 47.9 Å². The minimum absolute atomic E-state index is 0.375. The molecule has 0 N–H and O–H groups in total. The first-order valence-corrected chi connectivity index (χ1v) is 7.86. The van der Waals surface area contributed by atoms with Gasteiger partial charge in [-0.2, -0.15) is 0 Å². The molecular formula is C21H21NO3. The maximum Gasteiger partial charge on any atom is 0.330 e. The quantitative estimate of drug-likeness (QED) is 0.420. The van der Waals surface area contributed by atoms with Crippen LogP contribution in [-0.4, -0.2) is 19.3 Å². The summed E-state index contributed by atoms with van der Waals surface area (Å²) in [6, 6.07) is 13.6. The molecule has 128 valence electrons. The number of hydrogen-bond acceptors (Lipinski definition) is 4. The van der Waals surface area contributed by atoms with Gasteiger partial charge in [-0.15, -0.1) is 0 Å². The smallest absolute Gasteiger partial charge is 0.330 e. The molecule has 0 aliphatic heterocycles. The highest BCUT2D eigenvalue weighted by atomic mass is 16.5. The molecule has 0 aliphatic rings. The number of hydrogen-bond donors (Lipinski definition) is 0. The molecule has 0 aromatic heterocycles.